The predicted octanol–water partition coefficient (Wildman–Crippen LogP) is 3.79. The van der Waals surface area contributed by atoms with Gasteiger partial charge in [0.2, 0.25) is 0 Å². The minimum Gasteiger partial charge on any atom is -0.462 e. The zero-order valence-electron chi connectivity index (χ0n) is 14.3. The Hall–Kier alpha value is -2.44. The molecule has 0 aliphatic heterocycles. The fourth-order valence-electron chi connectivity index (χ4n) is 2.82. The smallest absolute Gasteiger partial charge is 0.314 e. The van der Waals surface area contributed by atoms with Crippen LogP contribution in [0.1, 0.15) is 51.9 Å². The molecule has 7 nitrogen and oxygen atoms in total. The second-order valence-corrected chi connectivity index (χ2v) is 6.24. The molecule has 25 heavy (non-hydrogen) atoms. The second kappa shape index (κ2) is 9.15. The van der Waals surface area contributed by atoms with Crippen LogP contribution in [-0.2, 0) is 14.3 Å². The molecule has 0 amide bonds. The van der Waals surface area contributed by atoms with E-state index < -0.39 is 4.92 Å². The lowest BCUT2D eigenvalue weighted by atomic mass is 9.87. The molecule has 0 aromatic heterocycles. The minimum absolute atomic E-state index is 0.0507. The van der Waals surface area contributed by atoms with Crippen LogP contribution in [0.3, 0.4) is 0 Å². The number of rotatable bonds is 7. The van der Waals surface area contributed by atoms with Gasteiger partial charge in [0.1, 0.15) is 11.9 Å². The van der Waals surface area contributed by atoms with Crippen molar-refractivity contribution in [2.45, 2.75) is 58.0 Å². The summed E-state index contributed by atoms with van der Waals surface area (Å²) in [5, 5.41) is 10.6. The average molecular weight is 349 g/mol. The van der Waals surface area contributed by atoms with E-state index in [1.54, 1.807) is 0 Å². The molecule has 1 aliphatic rings. The Morgan fingerprint density at radius 2 is 1.80 bits per heavy atom. The molecular formula is C18H23NO6. The zero-order valence-corrected chi connectivity index (χ0v) is 14.3. The molecule has 0 unspecified atom stereocenters. The van der Waals surface area contributed by atoms with Gasteiger partial charge in [0, 0.05) is 18.6 Å². The minimum atomic E-state index is -0.505. The largest absolute Gasteiger partial charge is 0.462 e. The van der Waals surface area contributed by atoms with Crippen molar-refractivity contribution in [1.29, 1.82) is 0 Å². The highest BCUT2D eigenvalue weighted by molar-refractivity contribution is 5.75. The highest BCUT2D eigenvalue weighted by Crippen LogP contribution is 2.28. The molecule has 1 aliphatic carbocycles. The summed E-state index contributed by atoms with van der Waals surface area (Å²) < 4.78 is 10.7. The maximum atomic E-state index is 12.2. The summed E-state index contributed by atoms with van der Waals surface area (Å²) in [7, 11) is 0. The lowest BCUT2D eigenvalue weighted by molar-refractivity contribution is -0.384. The van der Waals surface area contributed by atoms with Crippen LogP contribution in [0.5, 0.6) is 5.75 Å². The lowest BCUT2D eigenvalue weighted by Crippen LogP contribution is -2.30. The van der Waals surface area contributed by atoms with Crippen LogP contribution in [0, 0.1) is 16.0 Å². The van der Waals surface area contributed by atoms with Gasteiger partial charge in [-0.1, -0.05) is 13.3 Å². The van der Waals surface area contributed by atoms with Gasteiger partial charge in [-0.05, 0) is 44.2 Å². The second-order valence-electron chi connectivity index (χ2n) is 6.24. The van der Waals surface area contributed by atoms with E-state index in [-0.39, 0.29) is 29.6 Å². The third-order valence-corrected chi connectivity index (χ3v) is 4.31. The first-order valence-corrected chi connectivity index (χ1v) is 8.65. The highest BCUT2D eigenvalue weighted by Gasteiger charge is 2.29. The zero-order chi connectivity index (χ0) is 18.2. The fourth-order valence-corrected chi connectivity index (χ4v) is 2.82. The van der Waals surface area contributed by atoms with E-state index >= 15 is 0 Å². The first-order valence-electron chi connectivity index (χ1n) is 8.65. The summed E-state index contributed by atoms with van der Waals surface area (Å²) in [5.41, 5.74) is -0.0507. The summed E-state index contributed by atoms with van der Waals surface area (Å²) in [4.78, 5) is 33.9. The molecule has 0 atom stereocenters. The number of nitro benzene ring substituents is 1. The highest BCUT2D eigenvalue weighted by atomic mass is 16.6. The third-order valence-electron chi connectivity index (χ3n) is 4.31. The Kier molecular flexibility index (Phi) is 6.91. The van der Waals surface area contributed by atoms with Crippen molar-refractivity contribution in [2.24, 2.45) is 5.92 Å². The van der Waals surface area contributed by atoms with E-state index in [2.05, 4.69) is 0 Å². The van der Waals surface area contributed by atoms with Crippen molar-refractivity contribution in [3.8, 4) is 5.75 Å². The number of non-ortho nitro benzene ring substituents is 1. The Morgan fingerprint density at radius 3 is 2.36 bits per heavy atom. The molecule has 1 fully saturated rings. The van der Waals surface area contributed by atoms with E-state index in [0.29, 0.717) is 37.9 Å². The van der Waals surface area contributed by atoms with Crippen LogP contribution in [0.15, 0.2) is 24.3 Å². The number of hydrogen-bond donors (Lipinski definition) is 0. The first kappa shape index (κ1) is 18.9. The molecule has 0 spiro atoms. The molecule has 7 heteroatoms. The van der Waals surface area contributed by atoms with Crippen molar-refractivity contribution >= 4 is 17.6 Å². The molecule has 1 aromatic carbocycles. The van der Waals surface area contributed by atoms with E-state index in [1.165, 1.54) is 24.3 Å². The summed E-state index contributed by atoms with van der Waals surface area (Å²) in [6, 6.07) is 5.43. The molecule has 1 saturated carbocycles. The number of benzene rings is 1. The van der Waals surface area contributed by atoms with Gasteiger partial charge in [-0.3, -0.25) is 19.7 Å². The standard InChI is InChI=1S/C18H23NO6/c1-2-3-4-17(20)24-15-9-5-13(6-10-15)18(21)25-16-11-7-14(8-12-16)19(22)23/h7-8,11-13,15H,2-6,9-10H2,1H3/t13-,15-. The molecule has 0 radical (unpaired) electrons. The predicted molar refractivity (Wildman–Crippen MR) is 90.1 cm³/mol. The quantitative estimate of drug-likeness (QED) is 0.321. The van der Waals surface area contributed by atoms with Crippen molar-refractivity contribution in [3.63, 3.8) is 0 Å². The molecule has 0 bridgehead atoms. The van der Waals surface area contributed by atoms with Gasteiger partial charge in [-0.2, -0.15) is 0 Å². The molecule has 1 aromatic rings. The van der Waals surface area contributed by atoms with Crippen molar-refractivity contribution in [3.05, 3.63) is 34.4 Å². The molecule has 0 N–H and O–H groups in total. The Bertz CT molecular complexity index is 604. The topological polar surface area (TPSA) is 95.7 Å². The number of nitrogens with zero attached hydrogens (tertiary/aromatic N) is 1. The van der Waals surface area contributed by atoms with Crippen LogP contribution < -0.4 is 4.74 Å². The van der Waals surface area contributed by atoms with Gasteiger partial charge in [0.05, 0.1) is 10.8 Å². The number of carbonyl (C=O) groups is 2. The SMILES string of the molecule is CCCCC(=O)O[C@H]1CC[C@H](C(=O)Oc2ccc([N+](=O)[O-])cc2)CC1. The summed E-state index contributed by atoms with van der Waals surface area (Å²) in [6.45, 7) is 2.02. The number of unbranched alkanes of at least 4 members (excludes halogenated alkanes) is 1. The lowest BCUT2D eigenvalue weighted by Gasteiger charge is -2.27. The summed E-state index contributed by atoms with van der Waals surface area (Å²) in [5.74, 6) is -0.451. The van der Waals surface area contributed by atoms with Crippen molar-refractivity contribution in [1.82, 2.24) is 0 Å². The Balaban J connectivity index is 1.77. The van der Waals surface area contributed by atoms with Crippen molar-refractivity contribution < 1.29 is 24.0 Å². The molecular weight excluding hydrogens is 326 g/mol. The number of nitro groups is 1. The van der Waals surface area contributed by atoms with Gasteiger partial charge in [-0.25, -0.2) is 0 Å². The van der Waals surface area contributed by atoms with Crippen LogP contribution >= 0.6 is 0 Å². The van der Waals surface area contributed by atoms with Gasteiger partial charge in [0.25, 0.3) is 5.69 Å². The van der Waals surface area contributed by atoms with Gasteiger partial charge >= 0.3 is 11.9 Å². The molecule has 2 rings (SSSR count). The first-order chi connectivity index (χ1) is 12.0. The van der Waals surface area contributed by atoms with Gasteiger partial charge in [0.15, 0.2) is 0 Å². The van der Waals surface area contributed by atoms with E-state index in [4.69, 9.17) is 9.47 Å². The maximum Gasteiger partial charge on any atom is 0.314 e. The molecule has 0 heterocycles. The fraction of sp³-hybridized carbons (Fsp3) is 0.556. The number of carbonyl (C=O) groups excluding carboxylic acids is 2. The molecule has 136 valence electrons. The average Bonchev–Trinajstić information content (AvgIpc) is 2.61. The van der Waals surface area contributed by atoms with Crippen LogP contribution in [0.4, 0.5) is 5.69 Å². The number of hydrogen-bond acceptors (Lipinski definition) is 6. The third kappa shape index (κ3) is 5.85. The summed E-state index contributed by atoms with van der Waals surface area (Å²) >= 11 is 0. The maximum absolute atomic E-state index is 12.2. The number of esters is 2. The van der Waals surface area contributed by atoms with Gasteiger partial charge < -0.3 is 9.47 Å². The Morgan fingerprint density at radius 1 is 1.16 bits per heavy atom. The van der Waals surface area contributed by atoms with E-state index in [0.717, 1.165) is 12.8 Å². The van der Waals surface area contributed by atoms with E-state index in [9.17, 15) is 19.7 Å². The van der Waals surface area contributed by atoms with Crippen molar-refractivity contribution in [2.75, 3.05) is 0 Å². The number of ether oxygens (including phenoxy) is 2. The van der Waals surface area contributed by atoms with Crippen LogP contribution in [0.25, 0.3) is 0 Å². The van der Waals surface area contributed by atoms with Crippen LogP contribution in [-0.4, -0.2) is 23.0 Å². The normalized spacial score (nSPS) is 19.9. The van der Waals surface area contributed by atoms with E-state index in [1.807, 2.05) is 6.92 Å². The van der Waals surface area contributed by atoms with Crippen LogP contribution in [0.2, 0.25) is 0 Å². The monoisotopic (exact) mass is 349 g/mol. The van der Waals surface area contributed by atoms with Gasteiger partial charge in [-0.15, -0.1) is 0 Å². The molecule has 0 saturated heterocycles. The summed E-state index contributed by atoms with van der Waals surface area (Å²) in [6.07, 6.45) is 4.63. The Labute approximate surface area is 146 Å².